The summed E-state index contributed by atoms with van der Waals surface area (Å²) in [5, 5.41) is 10.2. The molecule has 4 nitrogen and oxygen atoms in total. The topological polar surface area (TPSA) is 40.0 Å². The Balaban J connectivity index is 1.71. The van der Waals surface area contributed by atoms with Crippen LogP contribution in [0.4, 0.5) is 5.69 Å². The van der Waals surface area contributed by atoms with Crippen LogP contribution < -0.4 is 10.4 Å². The van der Waals surface area contributed by atoms with Gasteiger partial charge in [-0.15, -0.1) is 11.8 Å². The molecule has 0 saturated heterocycles. The van der Waals surface area contributed by atoms with Gasteiger partial charge in [-0.3, -0.25) is 5.43 Å². The number of anilines is 1. The van der Waals surface area contributed by atoms with E-state index >= 15 is 0 Å². The van der Waals surface area contributed by atoms with Gasteiger partial charge < -0.3 is 0 Å². The maximum absolute atomic E-state index is 4.23. The lowest BCUT2D eigenvalue weighted by Gasteiger charge is -2.22. The van der Waals surface area contributed by atoms with E-state index in [4.69, 9.17) is 0 Å². The van der Waals surface area contributed by atoms with Crippen LogP contribution in [0.15, 0.2) is 59.0 Å². The van der Waals surface area contributed by atoms with Crippen LogP contribution in [0.25, 0.3) is 0 Å². The first kappa shape index (κ1) is 14.9. The van der Waals surface area contributed by atoms with E-state index in [2.05, 4.69) is 66.1 Å². The largest absolute Gasteiger partial charge is 0.256 e. The molecule has 0 spiro atoms. The molecule has 1 aliphatic heterocycles. The summed E-state index contributed by atoms with van der Waals surface area (Å²) in [6.07, 6.45) is 1.06. The number of hydrogen-bond acceptors (Lipinski definition) is 5. The van der Waals surface area contributed by atoms with Crippen molar-refractivity contribution in [1.29, 1.82) is 0 Å². The standard InChI is InChI=1S/C17H20N4S/c1-3-14-9-5-6-10-15(14)12-22-17-18-19-20-21(17)16-11-7-4-8-13(16)2/h4-11,17H,3,12H2,1-2H3,(H,18,20). The van der Waals surface area contributed by atoms with Crippen molar-refractivity contribution in [3.63, 3.8) is 0 Å². The van der Waals surface area contributed by atoms with Crippen LogP contribution in [0.3, 0.4) is 0 Å². The second-order valence-corrected chi connectivity index (χ2v) is 6.30. The van der Waals surface area contributed by atoms with Crippen LogP contribution in [0.1, 0.15) is 23.6 Å². The predicted molar refractivity (Wildman–Crippen MR) is 92.6 cm³/mol. The zero-order valence-corrected chi connectivity index (χ0v) is 13.7. The second kappa shape index (κ2) is 6.83. The van der Waals surface area contributed by atoms with Gasteiger partial charge in [0.1, 0.15) is 0 Å². The summed E-state index contributed by atoms with van der Waals surface area (Å²) >= 11 is 1.81. The van der Waals surface area contributed by atoms with E-state index in [1.807, 2.05) is 17.1 Å². The monoisotopic (exact) mass is 312 g/mol. The fourth-order valence-corrected chi connectivity index (χ4v) is 3.58. The van der Waals surface area contributed by atoms with Crippen LogP contribution in [0.5, 0.6) is 0 Å². The zero-order chi connectivity index (χ0) is 15.4. The third kappa shape index (κ3) is 3.09. The lowest BCUT2D eigenvalue weighted by molar-refractivity contribution is 0.752. The van der Waals surface area contributed by atoms with Crippen molar-refractivity contribution in [3.8, 4) is 0 Å². The van der Waals surface area contributed by atoms with Crippen molar-refractivity contribution < 1.29 is 0 Å². The molecule has 0 radical (unpaired) electrons. The Bertz CT molecular complexity index is 671. The summed E-state index contributed by atoms with van der Waals surface area (Å²) in [5.74, 6) is 0.940. The lowest BCUT2D eigenvalue weighted by atomic mass is 10.1. The quantitative estimate of drug-likeness (QED) is 0.885. The Morgan fingerprint density at radius 1 is 1.09 bits per heavy atom. The first-order valence-corrected chi connectivity index (χ1v) is 8.54. The van der Waals surface area contributed by atoms with Crippen LogP contribution in [-0.2, 0) is 12.2 Å². The van der Waals surface area contributed by atoms with Gasteiger partial charge in [0.25, 0.3) is 0 Å². The minimum Gasteiger partial charge on any atom is -0.256 e. The Morgan fingerprint density at radius 3 is 2.59 bits per heavy atom. The average Bonchev–Trinajstić information content (AvgIpc) is 3.02. The van der Waals surface area contributed by atoms with E-state index in [1.54, 1.807) is 11.8 Å². The molecule has 0 saturated carbocycles. The lowest BCUT2D eigenvalue weighted by Crippen LogP contribution is -2.32. The minimum absolute atomic E-state index is 0.0333. The summed E-state index contributed by atoms with van der Waals surface area (Å²) < 4.78 is 0. The number of rotatable bonds is 5. The third-order valence-corrected chi connectivity index (χ3v) is 4.89. The van der Waals surface area contributed by atoms with Crippen molar-refractivity contribution in [2.24, 2.45) is 10.4 Å². The molecule has 5 heteroatoms. The maximum atomic E-state index is 4.23. The molecule has 0 fully saturated rings. The molecule has 3 rings (SSSR count). The Hall–Kier alpha value is -2.01. The number of aryl methyl sites for hydroxylation is 2. The normalized spacial score (nSPS) is 16.8. The van der Waals surface area contributed by atoms with Crippen molar-refractivity contribution >= 4 is 17.4 Å². The molecule has 114 valence electrons. The summed E-state index contributed by atoms with van der Waals surface area (Å²) in [6, 6.07) is 16.9. The highest BCUT2D eigenvalue weighted by atomic mass is 32.2. The van der Waals surface area contributed by atoms with Crippen LogP contribution in [0, 0.1) is 6.92 Å². The van der Waals surface area contributed by atoms with Gasteiger partial charge >= 0.3 is 0 Å². The molecule has 1 aliphatic rings. The molecule has 0 amide bonds. The van der Waals surface area contributed by atoms with Crippen molar-refractivity contribution in [2.45, 2.75) is 31.5 Å². The molecule has 1 unspecified atom stereocenters. The zero-order valence-electron chi connectivity index (χ0n) is 12.9. The highest BCUT2D eigenvalue weighted by molar-refractivity contribution is 7.99. The van der Waals surface area contributed by atoms with E-state index in [9.17, 15) is 0 Å². The van der Waals surface area contributed by atoms with Gasteiger partial charge in [-0.05, 0) is 41.3 Å². The van der Waals surface area contributed by atoms with Crippen LogP contribution >= 0.6 is 11.8 Å². The molecule has 22 heavy (non-hydrogen) atoms. The summed E-state index contributed by atoms with van der Waals surface area (Å²) in [5.41, 5.74) is 8.20. The predicted octanol–water partition coefficient (Wildman–Crippen LogP) is 4.47. The molecule has 0 bridgehead atoms. The van der Waals surface area contributed by atoms with Gasteiger partial charge in [0.2, 0.25) is 0 Å². The first-order valence-electron chi connectivity index (χ1n) is 7.49. The highest BCUT2D eigenvalue weighted by Gasteiger charge is 2.24. The van der Waals surface area contributed by atoms with Crippen LogP contribution in [0.2, 0.25) is 0 Å². The van der Waals surface area contributed by atoms with E-state index in [-0.39, 0.29) is 5.50 Å². The number of nitrogens with one attached hydrogen (secondary N) is 1. The molecule has 2 aromatic rings. The van der Waals surface area contributed by atoms with Crippen molar-refractivity contribution in [2.75, 3.05) is 5.01 Å². The average molecular weight is 312 g/mol. The molecular formula is C17H20N4S. The van der Waals surface area contributed by atoms with Gasteiger partial charge in [-0.2, -0.15) is 0 Å². The molecule has 0 aromatic heterocycles. The van der Waals surface area contributed by atoms with Crippen LogP contribution in [-0.4, -0.2) is 5.50 Å². The van der Waals surface area contributed by atoms with Gasteiger partial charge in [-0.25, -0.2) is 5.01 Å². The third-order valence-electron chi connectivity index (χ3n) is 3.79. The van der Waals surface area contributed by atoms with E-state index < -0.39 is 0 Å². The van der Waals surface area contributed by atoms with Gasteiger partial charge in [0.05, 0.1) is 5.69 Å². The highest BCUT2D eigenvalue weighted by Crippen LogP contribution is 2.30. The maximum Gasteiger partial charge on any atom is 0.187 e. The van der Waals surface area contributed by atoms with Gasteiger partial charge in [0, 0.05) is 5.75 Å². The Kier molecular flexibility index (Phi) is 4.63. The van der Waals surface area contributed by atoms with E-state index in [0.717, 1.165) is 17.9 Å². The Labute approximate surface area is 135 Å². The Morgan fingerprint density at radius 2 is 1.82 bits per heavy atom. The van der Waals surface area contributed by atoms with Crippen molar-refractivity contribution in [1.82, 2.24) is 5.43 Å². The number of nitrogens with zero attached hydrogens (tertiary/aromatic N) is 3. The summed E-state index contributed by atoms with van der Waals surface area (Å²) in [6.45, 7) is 4.29. The molecule has 0 aliphatic carbocycles. The van der Waals surface area contributed by atoms with E-state index in [1.165, 1.54) is 16.7 Å². The van der Waals surface area contributed by atoms with Crippen molar-refractivity contribution in [3.05, 3.63) is 65.2 Å². The molecule has 2 aromatic carbocycles. The summed E-state index contributed by atoms with van der Waals surface area (Å²) in [7, 11) is 0. The molecule has 1 atom stereocenters. The fourth-order valence-electron chi connectivity index (χ4n) is 2.54. The minimum atomic E-state index is 0.0333. The first-order chi connectivity index (χ1) is 10.8. The van der Waals surface area contributed by atoms with Gasteiger partial charge in [0.15, 0.2) is 5.50 Å². The number of para-hydroxylation sites is 1. The SMILES string of the molecule is CCc1ccccc1CSC1NN=NN1c1ccccc1C. The fraction of sp³-hybridized carbons (Fsp3) is 0.294. The number of benzene rings is 2. The van der Waals surface area contributed by atoms with Gasteiger partial charge in [-0.1, -0.05) is 54.6 Å². The summed E-state index contributed by atoms with van der Waals surface area (Å²) in [4.78, 5) is 0. The molecule has 1 heterocycles. The second-order valence-electron chi connectivity index (χ2n) is 5.24. The van der Waals surface area contributed by atoms with E-state index in [0.29, 0.717) is 0 Å². The molecule has 1 N–H and O–H groups in total. The molecular weight excluding hydrogens is 292 g/mol. The number of thioether (sulfide) groups is 1. The number of hydrogen-bond donors (Lipinski definition) is 1. The smallest absolute Gasteiger partial charge is 0.187 e.